The van der Waals surface area contributed by atoms with Crippen molar-refractivity contribution in [2.45, 2.75) is 25.1 Å². The fourth-order valence-electron chi connectivity index (χ4n) is 3.46. The van der Waals surface area contributed by atoms with Crippen molar-refractivity contribution in [3.63, 3.8) is 0 Å². The molecule has 32 heavy (non-hydrogen) atoms. The predicted molar refractivity (Wildman–Crippen MR) is 112 cm³/mol. The lowest BCUT2D eigenvalue weighted by molar-refractivity contribution is -0.164. The number of rotatable bonds is 6. The first-order valence-electron chi connectivity index (χ1n) is 9.51. The van der Waals surface area contributed by atoms with E-state index in [0.29, 0.717) is 17.9 Å². The van der Waals surface area contributed by atoms with Crippen molar-refractivity contribution in [2.24, 2.45) is 0 Å². The molecule has 0 N–H and O–H groups in total. The maximum Gasteiger partial charge on any atom is 0.406 e. The van der Waals surface area contributed by atoms with Crippen LogP contribution in [0.15, 0.2) is 23.6 Å². The number of amides is 2. The zero-order valence-corrected chi connectivity index (χ0v) is 18.1. The summed E-state index contributed by atoms with van der Waals surface area (Å²) in [5.74, 6) is 1.56. The fraction of sp³-hybridized carbons (Fsp3) is 0.381. The van der Waals surface area contributed by atoms with Gasteiger partial charge in [0.2, 0.25) is 5.91 Å². The van der Waals surface area contributed by atoms with Crippen molar-refractivity contribution in [3.05, 3.63) is 34.3 Å². The van der Waals surface area contributed by atoms with Gasteiger partial charge in [-0.2, -0.15) is 13.2 Å². The van der Waals surface area contributed by atoms with E-state index >= 15 is 0 Å². The Morgan fingerprint density at radius 1 is 1.31 bits per heavy atom. The molecular weight excluding hydrogens is 447 g/mol. The highest BCUT2D eigenvalue weighted by Crippen LogP contribution is 2.33. The zero-order chi connectivity index (χ0) is 23.5. The number of ether oxygens (including phenoxy) is 2. The average molecular weight is 467 g/mol. The van der Waals surface area contributed by atoms with E-state index in [1.165, 1.54) is 31.7 Å². The fourth-order valence-corrected chi connectivity index (χ4v) is 4.06. The van der Waals surface area contributed by atoms with Crippen LogP contribution in [0.1, 0.15) is 28.3 Å². The van der Waals surface area contributed by atoms with Gasteiger partial charge in [-0.15, -0.1) is 17.8 Å². The van der Waals surface area contributed by atoms with Crippen LogP contribution in [-0.2, 0) is 4.79 Å². The number of benzene rings is 1. The second kappa shape index (κ2) is 9.48. The first-order valence-corrected chi connectivity index (χ1v) is 10.4. The number of alkyl halides is 3. The second-order valence-electron chi connectivity index (χ2n) is 6.96. The van der Waals surface area contributed by atoms with E-state index in [1.807, 2.05) is 0 Å². The van der Waals surface area contributed by atoms with E-state index < -0.39 is 30.6 Å². The van der Waals surface area contributed by atoms with Crippen LogP contribution in [0.4, 0.5) is 18.9 Å². The summed E-state index contributed by atoms with van der Waals surface area (Å²) in [4.78, 5) is 32.4. The number of hydrogen-bond donors (Lipinski definition) is 0. The Bertz CT molecular complexity index is 1030. The van der Waals surface area contributed by atoms with Crippen LogP contribution in [-0.4, -0.2) is 61.2 Å². The van der Waals surface area contributed by atoms with E-state index in [0.717, 1.165) is 21.1 Å². The molecule has 3 rings (SSSR count). The number of nitrogens with zero attached hydrogens (tertiary/aromatic N) is 3. The van der Waals surface area contributed by atoms with Gasteiger partial charge < -0.3 is 14.4 Å². The molecule has 1 fully saturated rings. The molecule has 1 aromatic carbocycles. The number of halogens is 3. The largest absolute Gasteiger partial charge is 0.497 e. The van der Waals surface area contributed by atoms with Crippen LogP contribution in [0, 0.1) is 12.3 Å². The first-order chi connectivity index (χ1) is 15.2. The zero-order valence-electron chi connectivity index (χ0n) is 17.3. The number of hydrogen-bond acceptors (Lipinski definition) is 6. The minimum atomic E-state index is -4.55. The summed E-state index contributed by atoms with van der Waals surface area (Å²) in [5, 5.41) is 1.72. The Morgan fingerprint density at radius 3 is 2.50 bits per heavy atom. The van der Waals surface area contributed by atoms with Crippen molar-refractivity contribution in [2.75, 3.05) is 32.2 Å². The Hall–Kier alpha value is -3.26. The molecule has 2 amide bonds. The van der Waals surface area contributed by atoms with E-state index in [4.69, 9.17) is 15.9 Å². The van der Waals surface area contributed by atoms with E-state index in [9.17, 15) is 22.8 Å². The summed E-state index contributed by atoms with van der Waals surface area (Å²) in [5.41, 5.74) is 0.221. The van der Waals surface area contributed by atoms with Crippen molar-refractivity contribution in [1.29, 1.82) is 0 Å². The minimum Gasteiger partial charge on any atom is -0.497 e. The normalized spacial score (nSPS) is 16.4. The van der Waals surface area contributed by atoms with Crippen molar-refractivity contribution in [3.8, 4) is 23.8 Å². The van der Waals surface area contributed by atoms with Crippen LogP contribution in [0.25, 0.3) is 0 Å². The van der Waals surface area contributed by atoms with Gasteiger partial charge in [0.1, 0.15) is 29.8 Å². The molecule has 1 atom stereocenters. The number of carbonyl (C=O) groups is 2. The molecule has 2 heterocycles. The number of methoxy groups -OCH3 is 2. The summed E-state index contributed by atoms with van der Waals surface area (Å²) in [6.07, 6.45) is 1.27. The summed E-state index contributed by atoms with van der Waals surface area (Å²) in [6.45, 7) is -1.43. The summed E-state index contributed by atoms with van der Waals surface area (Å²) in [6, 6.07) is 3.42. The molecule has 0 aliphatic carbocycles. The molecule has 0 unspecified atom stereocenters. The quantitative estimate of drug-likeness (QED) is 0.610. The van der Waals surface area contributed by atoms with Gasteiger partial charge in [-0.25, -0.2) is 4.98 Å². The highest BCUT2D eigenvalue weighted by molar-refractivity contribution is 7.10. The van der Waals surface area contributed by atoms with Crippen LogP contribution in [0.2, 0.25) is 0 Å². The monoisotopic (exact) mass is 467 g/mol. The summed E-state index contributed by atoms with van der Waals surface area (Å²) in [7, 11) is 2.84. The van der Waals surface area contributed by atoms with E-state index in [-0.39, 0.29) is 29.4 Å². The molecule has 1 aliphatic heterocycles. The minimum absolute atomic E-state index is 0.00881. The number of terminal acetylenes is 1. The van der Waals surface area contributed by atoms with Crippen LogP contribution in [0.5, 0.6) is 11.5 Å². The highest BCUT2D eigenvalue weighted by Gasteiger charge is 2.42. The lowest BCUT2D eigenvalue weighted by Gasteiger charge is -2.38. The second-order valence-corrected chi connectivity index (χ2v) is 7.82. The average Bonchev–Trinajstić information content (AvgIpc) is 3.24. The molecule has 1 saturated heterocycles. The standard InChI is InChI=1S/C21H20F3N3O4S/c1-4-18-25-16(11-32-18)19(28)27(13-8-14(30-2)10-15(9-13)31-3)17-6-5-7-26(20(17)29)12-21(22,23)24/h1,8-11,17H,5-7,12H2,2-3H3/t17-/m0/s1. The lowest BCUT2D eigenvalue weighted by Crippen LogP contribution is -2.56. The molecule has 1 aromatic heterocycles. The van der Waals surface area contributed by atoms with Gasteiger partial charge in [0, 0.05) is 30.1 Å². The van der Waals surface area contributed by atoms with Gasteiger partial charge in [0.15, 0.2) is 5.01 Å². The number of anilines is 1. The van der Waals surface area contributed by atoms with E-state index in [2.05, 4.69) is 10.9 Å². The molecule has 7 nitrogen and oxygen atoms in total. The number of thiazole rings is 1. The molecule has 0 saturated carbocycles. The number of carbonyl (C=O) groups excluding carboxylic acids is 2. The molecule has 170 valence electrons. The third-order valence-corrected chi connectivity index (χ3v) is 5.64. The van der Waals surface area contributed by atoms with Gasteiger partial charge in [-0.3, -0.25) is 14.5 Å². The Balaban J connectivity index is 2.07. The third-order valence-electron chi connectivity index (χ3n) is 4.86. The summed E-state index contributed by atoms with van der Waals surface area (Å²) >= 11 is 1.07. The molecular formula is C21H20F3N3O4S. The van der Waals surface area contributed by atoms with Gasteiger partial charge in [-0.1, -0.05) is 0 Å². The van der Waals surface area contributed by atoms with Crippen LogP contribution < -0.4 is 14.4 Å². The van der Waals surface area contributed by atoms with Crippen molar-refractivity contribution >= 4 is 28.8 Å². The topological polar surface area (TPSA) is 72.0 Å². The highest BCUT2D eigenvalue weighted by atomic mass is 32.1. The van der Waals surface area contributed by atoms with E-state index in [1.54, 1.807) is 6.07 Å². The molecule has 0 radical (unpaired) electrons. The number of piperidine rings is 1. The van der Waals surface area contributed by atoms with Gasteiger partial charge in [0.05, 0.1) is 19.9 Å². The SMILES string of the molecule is C#Cc1nc(C(=O)N(c2cc(OC)cc(OC)c2)[C@H]2CCCN(CC(F)(F)F)C2=O)cs1. The Kier molecular flexibility index (Phi) is 6.93. The maximum atomic E-state index is 13.4. The number of aromatic nitrogens is 1. The maximum absolute atomic E-state index is 13.4. The van der Waals surface area contributed by atoms with Gasteiger partial charge >= 0.3 is 6.18 Å². The lowest BCUT2D eigenvalue weighted by atomic mass is 10.0. The molecule has 0 spiro atoms. The van der Waals surface area contributed by atoms with Crippen molar-refractivity contribution < 1.29 is 32.2 Å². The molecule has 0 bridgehead atoms. The predicted octanol–water partition coefficient (Wildman–Crippen LogP) is 3.34. The summed E-state index contributed by atoms with van der Waals surface area (Å²) < 4.78 is 49.5. The first kappa shape index (κ1) is 23.4. The molecule has 2 aromatic rings. The smallest absolute Gasteiger partial charge is 0.406 e. The molecule has 1 aliphatic rings. The van der Waals surface area contributed by atoms with Gasteiger partial charge in [0.25, 0.3) is 5.91 Å². The third kappa shape index (κ3) is 5.13. The number of likely N-dealkylation sites (tertiary alicyclic amines) is 1. The van der Waals surface area contributed by atoms with Crippen LogP contribution in [0.3, 0.4) is 0 Å². The van der Waals surface area contributed by atoms with Crippen LogP contribution >= 0.6 is 11.3 Å². The molecule has 11 heteroatoms. The van der Waals surface area contributed by atoms with Crippen molar-refractivity contribution in [1.82, 2.24) is 9.88 Å². The van der Waals surface area contributed by atoms with Gasteiger partial charge in [-0.05, 0) is 18.8 Å². The Morgan fingerprint density at radius 2 is 1.97 bits per heavy atom. The Labute approximate surface area is 186 Å².